The van der Waals surface area contributed by atoms with E-state index in [1.165, 1.54) is 6.42 Å². The molecule has 0 bridgehead atoms. The number of aromatic hydroxyl groups is 1. The summed E-state index contributed by atoms with van der Waals surface area (Å²) >= 11 is 0. The van der Waals surface area contributed by atoms with Crippen LogP contribution in [0.15, 0.2) is 24.3 Å². The molecule has 1 N–H and O–H groups in total. The zero-order chi connectivity index (χ0) is 10.5. The highest BCUT2D eigenvalue weighted by Gasteiger charge is 2.14. The van der Waals surface area contributed by atoms with E-state index in [1.54, 1.807) is 24.3 Å². The minimum absolute atomic E-state index is 0.229. The lowest BCUT2D eigenvalue weighted by Gasteiger charge is -2.22. The van der Waals surface area contributed by atoms with E-state index in [-0.39, 0.29) is 11.9 Å². The summed E-state index contributed by atoms with van der Waals surface area (Å²) in [4.78, 5) is 0. The lowest BCUT2D eigenvalue weighted by Crippen LogP contribution is -2.25. The van der Waals surface area contributed by atoms with Gasteiger partial charge in [-0.1, -0.05) is 0 Å². The summed E-state index contributed by atoms with van der Waals surface area (Å²) in [5.74, 6) is 1.04. The number of hydrogen-bond donors (Lipinski definition) is 1. The van der Waals surface area contributed by atoms with E-state index in [0.717, 1.165) is 25.2 Å². The van der Waals surface area contributed by atoms with Gasteiger partial charge in [0.15, 0.2) is 0 Å². The van der Waals surface area contributed by atoms with Crippen molar-refractivity contribution >= 4 is 0 Å². The molecule has 1 aromatic carbocycles. The van der Waals surface area contributed by atoms with Crippen LogP contribution in [0.5, 0.6) is 11.5 Å². The minimum atomic E-state index is 0.229. The van der Waals surface area contributed by atoms with Crippen LogP contribution in [0.1, 0.15) is 19.3 Å². The van der Waals surface area contributed by atoms with Gasteiger partial charge in [0.2, 0.25) is 0 Å². The second-order valence-corrected chi connectivity index (χ2v) is 3.79. The Kier molecular flexibility index (Phi) is 3.45. The molecule has 1 aliphatic heterocycles. The summed E-state index contributed by atoms with van der Waals surface area (Å²) in [6.45, 7) is 1.45. The smallest absolute Gasteiger partial charge is 0.119 e. The molecule has 1 heterocycles. The van der Waals surface area contributed by atoms with Crippen molar-refractivity contribution in [3.8, 4) is 11.5 Å². The van der Waals surface area contributed by atoms with Gasteiger partial charge in [-0.15, -0.1) is 0 Å². The van der Waals surface area contributed by atoms with Crippen LogP contribution in [0.25, 0.3) is 0 Å². The molecule has 0 radical (unpaired) electrons. The maximum atomic E-state index is 9.09. The second-order valence-electron chi connectivity index (χ2n) is 3.79. The molecule has 0 aromatic heterocycles. The van der Waals surface area contributed by atoms with Crippen LogP contribution < -0.4 is 4.74 Å². The first kappa shape index (κ1) is 10.3. The molecular weight excluding hydrogens is 192 g/mol. The van der Waals surface area contributed by atoms with Crippen LogP contribution in [0, 0.1) is 0 Å². The maximum Gasteiger partial charge on any atom is 0.119 e. The summed E-state index contributed by atoms with van der Waals surface area (Å²) in [5.41, 5.74) is 0. The quantitative estimate of drug-likeness (QED) is 0.828. The molecule has 0 amide bonds. The van der Waals surface area contributed by atoms with Gasteiger partial charge in [0.25, 0.3) is 0 Å². The summed E-state index contributed by atoms with van der Waals surface area (Å²) in [5, 5.41) is 9.09. The monoisotopic (exact) mass is 208 g/mol. The number of benzene rings is 1. The highest BCUT2D eigenvalue weighted by molar-refractivity contribution is 5.30. The highest BCUT2D eigenvalue weighted by Crippen LogP contribution is 2.18. The molecule has 3 heteroatoms. The van der Waals surface area contributed by atoms with Gasteiger partial charge >= 0.3 is 0 Å². The third-order valence-electron chi connectivity index (χ3n) is 2.55. The number of phenols is 1. The summed E-state index contributed by atoms with van der Waals surface area (Å²) in [7, 11) is 0. The zero-order valence-electron chi connectivity index (χ0n) is 8.69. The fourth-order valence-corrected chi connectivity index (χ4v) is 1.67. The van der Waals surface area contributed by atoms with Gasteiger partial charge in [-0.2, -0.15) is 0 Å². The molecule has 1 aliphatic rings. The molecule has 0 aliphatic carbocycles. The Labute approximate surface area is 89.6 Å². The molecule has 0 saturated carbocycles. The molecule has 15 heavy (non-hydrogen) atoms. The largest absolute Gasteiger partial charge is 0.508 e. The van der Waals surface area contributed by atoms with Gasteiger partial charge in [0.05, 0.1) is 6.10 Å². The van der Waals surface area contributed by atoms with Gasteiger partial charge in [0, 0.05) is 6.61 Å². The van der Waals surface area contributed by atoms with Crippen molar-refractivity contribution in [2.24, 2.45) is 0 Å². The summed E-state index contributed by atoms with van der Waals surface area (Å²) < 4.78 is 11.1. The topological polar surface area (TPSA) is 38.7 Å². The molecule has 1 atom stereocenters. The number of rotatable bonds is 3. The molecule has 1 saturated heterocycles. The predicted octanol–water partition coefficient (Wildman–Crippen LogP) is 2.34. The lowest BCUT2D eigenvalue weighted by atomic mass is 10.1. The second kappa shape index (κ2) is 5.03. The van der Waals surface area contributed by atoms with E-state index in [0.29, 0.717) is 6.61 Å². The molecule has 1 unspecified atom stereocenters. The normalized spacial score (nSPS) is 21.2. The summed E-state index contributed by atoms with van der Waals surface area (Å²) in [6, 6.07) is 6.77. The fraction of sp³-hybridized carbons (Fsp3) is 0.500. The number of phenolic OH excluding ortho intramolecular Hbond substituents is 1. The Hall–Kier alpha value is -1.22. The van der Waals surface area contributed by atoms with Crippen molar-refractivity contribution in [2.75, 3.05) is 13.2 Å². The minimum Gasteiger partial charge on any atom is -0.508 e. The summed E-state index contributed by atoms with van der Waals surface area (Å²) in [6.07, 6.45) is 3.70. The molecule has 2 rings (SSSR count). The Morgan fingerprint density at radius 2 is 2.07 bits per heavy atom. The average Bonchev–Trinajstić information content (AvgIpc) is 2.30. The molecule has 1 aromatic rings. The van der Waals surface area contributed by atoms with E-state index in [2.05, 4.69) is 0 Å². The highest BCUT2D eigenvalue weighted by atomic mass is 16.5. The van der Waals surface area contributed by atoms with E-state index in [1.807, 2.05) is 0 Å². The number of hydrogen-bond acceptors (Lipinski definition) is 3. The molecule has 1 fully saturated rings. The van der Waals surface area contributed by atoms with Crippen LogP contribution in [0.4, 0.5) is 0 Å². The Morgan fingerprint density at radius 3 is 2.73 bits per heavy atom. The van der Waals surface area contributed by atoms with Gasteiger partial charge in [-0.25, -0.2) is 0 Å². The van der Waals surface area contributed by atoms with Crippen molar-refractivity contribution in [3.05, 3.63) is 24.3 Å². The zero-order valence-corrected chi connectivity index (χ0v) is 8.69. The first-order valence-electron chi connectivity index (χ1n) is 5.38. The van der Waals surface area contributed by atoms with E-state index >= 15 is 0 Å². The van der Waals surface area contributed by atoms with Crippen molar-refractivity contribution in [2.45, 2.75) is 25.4 Å². The Morgan fingerprint density at radius 1 is 1.27 bits per heavy atom. The molecule has 82 valence electrons. The molecular formula is C12H16O3. The SMILES string of the molecule is Oc1ccc(OCC2CCCCO2)cc1. The lowest BCUT2D eigenvalue weighted by molar-refractivity contribution is -0.0110. The number of ether oxygens (including phenoxy) is 2. The van der Waals surface area contributed by atoms with Crippen LogP contribution >= 0.6 is 0 Å². The van der Waals surface area contributed by atoms with E-state index in [9.17, 15) is 0 Å². The van der Waals surface area contributed by atoms with Crippen LogP contribution in [0.3, 0.4) is 0 Å². The predicted molar refractivity (Wildman–Crippen MR) is 57.2 cm³/mol. The average molecular weight is 208 g/mol. The van der Waals surface area contributed by atoms with E-state index in [4.69, 9.17) is 14.6 Å². The third-order valence-corrected chi connectivity index (χ3v) is 2.55. The van der Waals surface area contributed by atoms with Gasteiger partial charge in [0.1, 0.15) is 18.1 Å². The van der Waals surface area contributed by atoms with Crippen molar-refractivity contribution in [1.82, 2.24) is 0 Å². The maximum absolute atomic E-state index is 9.09. The van der Waals surface area contributed by atoms with E-state index < -0.39 is 0 Å². The van der Waals surface area contributed by atoms with Crippen LogP contribution in [-0.2, 0) is 4.74 Å². The third kappa shape index (κ3) is 3.13. The van der Waals surface area contributed by atoms with Crippen LogP contribution in [0.2, 0.25) is 0 Å². The Balaban J connectivity index is 1.79. The van der Waals surface area contributed by atoms with Crippen molar-refractivity contribution in [3.63, 3.8) is 0 Å². The fourth-order valence-electron chi connectivity index (χ4n) is 1.67. The van der Waals surface area contributed by atoms with Gasteiger partial charge in [-0.3, -0.25) is 0 Å². The first-order valence-corrected chi connectivity index (χ1v) is 5.38. The first-order chi connectivity index (χ1) is 7.34. The molecule has 3 nitrogen and oxygen atoms in total. The van der Waals surface area contributed by atoms with Gasteiger partial charge < -0.3 is 14.6 Å². The molecule has 0 spiro atoms. The Bertz CT molecular complexity index is 288. The van der Waals surface area contributed by atoms with Gasteiger partial charge in [-0.05, 0) is 43.5 Å². The van der Waals surface area contributed by atoms with Crippen LogP contribution in [-0.4, -0.2) is 24.4 Å². The standard InChI is InChI=1S/C12H16O3/c13-10-4-6-11(7-5-10)15-9-12-3-1-2-8-14-12/h4-7,12-13H,1-3,8-9H2. The van der Waals surface area contributed by atoms with Crippen molar-refractivity contribution in [1.29, 1.82) is 0 Å². The van der Waals surface area contributed by atoms with Crippen molar-refractivity contribution < 1.29 is 14.6 Å².